The Morgan fingerprint density at radius 3 is 2.23 bits per heavy atom. The normalized spacial score (nSPS) is 15.2. The summed E-state index contributed by atoms with van der Waals surface area (Å²) in [4.78, 5) is 9.17. The van der Waals surface area contributed by atoms with Crippen LogP contribution >= 0.6 is 0 Å². The molecule has 9 nitrogen and oxygen atoms in total. The van der Waals surface area contributed by atoms with Gasteiger partial charge in [0.25, 0.3) is 0 Å². The molecule has 164 valence electrons. The number of rotatable bonds is 7. The number of benzene rings is 1. The van der Waals surface area contributed by atoms with E-state index >= 15 is 0 Å². The Bertz CT molecular complexity index is 833. The molecule has 1 aliphatic rings. The number of guanidine groups is 1. The first kappa shape index (κ1) is 21.8. The average molecular weight is 417 g/mol. The molecule has 2 aromatic rings. The van der Waals surface area contributed by atoms with Crippen molar-refractivity contribution >= 4 is 5.96 Å². The van der Waals surface area contributed by atoms with Crippen LogP contribution in [0.25, 0.3) is 0 Å². The molecule has 1 aromatic heterocycles. The third kappa shape index (κ3) is 4.96. The second-order valence-electron chi connectivity index (χ2n) is 7.14. The molecule has 1 N–H and O–H groups in total. The molecule has 3 rings (SSSR count). The number of ether oxygens (including phenoxy) is 3. The van der Waals surface area contributed by atoms with Gasteiger partial charge in [-0.2, -0.15) is 5.10 Å². The quantitative estimate of drug-likeness (QED) is 0.539. The fourth-order valence-corrected chi connectivity index (χ4v) is 3.68. The molecule has 1 fully saturated rings. The lowest BCUT2D eigenvalue weighted by Gasteiger charge is -2.36. The lowest BCUT2D eigenvalue weighted by molar-refractivity contribution is 0.172. The maximum atomic E-state index is 5.48. The van der Waals surface area contributed by atoms with Crippen molar-refractivity contribution in [3.63, 3.8) is 0 Å². The Morgan fingerprint density at radius 2 is 1.73 bits per heavy atom. The predicted molar refractivity (Wildman–Crippen MR) is 116 cm³/mol. The van der Waals surface area contributed by atoms with E-state index in [0.717, 1.165) is 49.9 Å². The summed E-state index contributed by atoms with van der Waals surface area (Å²) in [5.41, 5.74) is 2.26. The standard InChI is InChI=1S/C21H32N6O3/c1-22-21(23-14-17-6-7-24-25(17)2)27-10-8-26(9-11-27)15-16-12-18(28-3)20(30-5)19(13-16)29-4/h6-7,12-13H,8-11,14-15H2,1-5H3,(H,22,23). The number of methoxy groups -OCH3 is 3. The van der Waals surface area contributed by atoms with E-state index in [0.29, 0.717) is 23.8 Å². The molecule has 0 aliphatic carbocycles. The maximum Gasteiger partial charge on any atom is 0.203 e. The topological polar surface area (TPSA) is 76.4 Å². The molecule has 1 saturated heterocycles. The molecule has 0 amide bonds. The van der Waals surface area contributed by atoms with Crippen LogP contribution in [0.15, 0.2) is 29.4 Å². The molecule has 0 radical (unpaired) electrons. The van der Waals surface area contributed by atoms with Crippen molar-refractivity contribution in [1.82, 2.24) is 24.9 Å². The molecular formula is C21H32N6O3. The number of aliphatic imine (C=N–C) groups is 1. The number of aryl methyl sites for hydroxylation is 1. The number of nitrogens with one attached hydrogen (secondary N) is 1. The summed E-state index contributed by atoms with van der Waals surface area (Å²) in [5.74, 6) is 2.91. The molecule has 1 aliphatic heterocycles. The van der Waals surface area contributed by atoms with Gasteiger partial charge in [-0.05, 0) is 23.8 Å². The Balaban J connectivity index is 1.57. The summed E-state index contributed by atoms with van der Waals surface area (Å²) in [6, 6.07) is 6.04. The summed E-state index contributed by atoms with van der Waals surface area (Å²) < 4.78 is 18.2. The van der Waals surface area contributed by atoms with Gasteiger partial charge in [-0.1, -0.05) is 0 Å². The van der Waals surface area contributed by atoms with Crippen molar-refractivity contribution in [3.05, 3.63) is 35.7 Å². The third-order valence-electron chi connectivity index (χ3n) is 5.36. The number of nitrogens with zero attached hydrogens (tertiary/aromatic N) is 5. The molecule has 9 heteroatoms. The van der Waals surface area contributed by atoms with Gasteiger partial charge >= 0.3 is 0 Å². The van der Waals surface area contributed by atoms with E-state index in [9.17, 15) is 0 Å². The molecular weight excluding hydrogens is 384 g/mol. The first-order valence-corrected chi connectivity index (χ1v) is 10.0. The maximum absolute atomic E-state index is 5.48. The van der Waals surface area contributed by atoms with Gasteiger partial charge in [-0.25, -0.2) is 0 Å². The summed E-state index contributed by atoms with van der Waals surface area (Å²) in [6.45, 7) is 5.25. The van der Waals surface area contributed by atoms with Crippen LogP contribution in [0.2, 0.25) is 0 Å². The van der Waals surface area contributed by atoms with E-state index < -0.39 is 0 Å². The second-order valence-corrected chi connectivity index (χ2v) is 7.14. The zero-order chi connectivity index (χ0) is 21.5. The molecule has 0 spiro atoms. The Kier molecular flexibility index (Phi) is 7.40. The number of piperazine rings is 1. The van der Waals surface area contributed by atoms with Crippen LogP contribution in [-0.2, 0) is 20.1 Å². The largest absolute Gasteiger partial charge is 0.493 e. The number of hydrogen-bond donors (Lipinski definition) is 1. The van der Waals surface area contributed by atoms with Crippen molar-refractivity contribution in [2.75, 3.05) is 54.6 Å². The number of aromatic nitrogens is 2. The summed E-state index contributed by atoms with van der Waals surface area (Å²) in [5, 5.41) is 7.65. The molecule has 0 bridgehead atoms. The zero-order valence-electron chi connectivity index (χ0n) is 18.5. The van der Waals surface area contributed by atoms with Gasteiger partial charge in [-0.3, -0.25) is 14.6 Å². The van der Waals surface area contributed by atoms with E-state index in [-0.39, 0.29) is 0 Å². The molecule has 30 heavy (non-hydrogen) atoms. The lowest BCUT2D eigenvalue weighted by atomic mass is 10.1. The van der Waals surface area contributed by atoms with E-state index in [4.69, 9.17) is 14.2 Å². The van der Waals surface area contributed by atoms with Crippen LogP contribution in [-0.4, -0.2) is 80.1 Å². The monoisotopic (exact) mass is 416 g/mol. The van der Waals surface area contributed by atoms with Crippen LogP contribution in [0.1, 0.15) is 11.3 Å². The second kappa shape index (κ2) is 10.2. The summed E-state index contributed by atoms with van der Waals surface area (Å²) in [6.07, 6.45) is 1.81. The predicted octanol–water partition coefficient (Wildman–Crippen LogP) is 1.34. The van der Waals surface area contributed by atoms with E-state index in [1.807, 2.05) is 43.2 Å². The van der Waals surface area contributed by atoms with Gasteiger partial charge in [0.05, 0.1) is 33.6 Å². The Hall–Kier alpha value is -2.94. The van der Waals surface area contributed by atoms with E-state index in [1.54, 1.807) is 21.3 Å². The van der Waals surface area contributed by atoms with Gasteiger partial charge in [0.1, 0.15) is 0 Å². The first-order valence-electron chi connectivity index (χ1n) is 10.0. The highest BCUT2D eigenvalue weighted by Gasteiger charge is 2.21. The fourth-order valence-electron chi connectivity index (χ4n) is 3.68. The SMILES string of the molecule is CN=C(NCc1ccnn1C)N1CCN(Cc2cc(OC)c(OC)c(OC)c2)CC1. The lowest BCUT2D eigenvalue weighted by Crippen LogP contribution is -2.52. The molecule has 0 unspecified atom stereocenters. The third-order valence-corrected chi connectivity index (χ3v) is 5.36. The van der Waals surface area contributed by atoms with Gasteiger partial charge in [0.15, 0.2) is 17.5 Å². The molecule has 0 atom stereocenters. The van der Waals surface area contributed by atoms with Crippen LogP contribution in [0.5, 0.6) is 17.2 Å². The number of hydrogen-bond acceptors (Lipinski definition) is 6. The highest BCUT2D eigenvalue weighted by Crippen LogP contribution is 2.38. The van der Waals surface area contributed by atoms with E-state index in [2.05, 4.69) is 25.2 Å². The minimum Gasteiger partial charge on any atom is -0.493 e. The van der Waals surface area contributed by atoms with E-state index in [1.165, 1.54) is 0 Å². The van der Waals surface area contributed by atoms with Crippen molar-refractivity contribution in [1.29, 1.82) is 0 Å². The van der Waals surface area contributed by atoms with Crippen LogP contribution in [0.3, 0.4) is 0 Å². The molecule has 0 saturated carbocycles. The zero-order valence-corrected chi connectivity index (χ0v) is 18.5. The van der Waals surface area contributed by atoms with Gasteiger partial charge in [0.2, 0.25) is 5.75 Å². The average Bonchev–Trinajstić information content (AvgIpc) is 3.19. The summed E-state index contributed by atoms with van der Waals surface area (Å²) in [7, 11) is 8.68. The van der Waals surface area contributed by atoms with Gasteiger partial charge in [0, 0.05) is 53.0 Å². The van der Waals surface area contributed by atoms with Crippen LogP contribution in [0.4, 0.5) is 0 Å². The molecule has 1 aromatic carbocycles. The van der Waals surface area contributed by atoms with Crippen LogP contribution < -0.4 is 19.5 Å². The Labute approximate surface area is 178 Å². The van der Waals surface area contributed by atoms with Crippen molar-refractivity contribution < 1.29 is 14.2 Å². The minimum absolute atomic E-state index is 0.622. The highest BCUT2D eigenvalue weighted by atomic mass is 16.5. The first-order chi connectivity index (χ1) is 14.6. The highest BCUT2D eigenvalue weighted by molar-refractivity contribution is 5.79. The minimum atomic E-state index is 0.622. The molecule has 2 heterocycles. The van der Waals surface area contributed by atoms with Gasteiger partial charge < -0.3 is 24.4 Å². The van der Waals surface area contributed by atoms with Crippen molar-refractivity contribution in [3.8, 4) is 17.2 Å². The van der Waals surface area contributed by atoms with Crippen LogP contribution in [0, 0.1) is 0 Å². The summed E-state index contributed by atoms with van der Waals surface area (Å²) >= 11 is 0. The van der Waals surface area contributed by atoms with Crippen molar-refractivity contribution in [2.24, 2.45) is 12.0 Å². The Morgan fingerprint density at radius 1 is 1.07 bits per heavy atom. The van der Waals surface area contributed by atoms with Crippen molar-refractivity contribution in [2.45, 2.75) is 13.1 Å². The fraction of sp³-hybridized carbons (Fsp3) is 0.524. The van der Waals surface area contributed by atoms with Gasteiger partial charge in [-0.15, -0.1) is 0 Å². The smallest absolute Gasteiger partial charge is 0.203 e.